The maximum absolute atomic E-state index is 9.87. The lowest BCUT2D eigenvalue weighted by atomic mass is 10.0. The second kappa shape index (κ2) is 4.81. The predicted molar refractivity (Wildman–Crippen MR) is 62.3 cm³/mol. The molecule has 1 aromatic rings. The molecule has 0 fully saturated rings. The molecular weight excluding hydrogens is 222 g/mol. The van der Waals surface area contributed by atoms with Crippen LogP contribution in [0, 0.1) is 0 Å². The molecule has 0 radical (unpaired) electrons. The summed E-state index contributed by atoms with van der Waals surface area (Å²) >= 11 is 0. The van der Waals surface area contributed by atoms with Gasteiger partial charge in [0.05, 0.1) is 19.3 Å². The molecule has 1 heterocycles. The molecule has 94 valence electrons. The summed E-state index contributed by atoms with van der Waals surface area (Å²) in [5.74, 6) is 1.01. The zero-order chi connectivity index (χ0) is 12.4. The van der Waals surface area contributed by atoms with Crippen LogP contribution in [-0.2, 0) is 0 Å². The number of hydrogen-bond acceptors (Lipinski definition) is 5. The Morgan fingerprint density at radius 1 is 1.24 bits per heavy atom. The quantitative estimate of drug-likeness (QED) is 0.715. The summed E-state index contributed by atoms with van der Waals surface area (Å²) in [6.45, 7) is 2.79. The second-order valence-electron chi connectivity index (χ2n) is 4.21. The van der Waals surface area contributed by atoms with E-state index in [1.54, 1.807) is 13.0 Å². The second-order valence-corrected chi connectivity index (χ2v) is 4.21. The molecule has 2 unspecified atom stereocenters. The average Bonchev–Trinajstić information content (AvgIpc) is 2.51. The number of ether oxygens (including phenoxy) is 2. The number of phenolic OH excluding ortho intramolecular Hbond substituents is 1. The van der Waals surface area contributed by atoms with Gasteiger partial charge in [-0.3, -0.25) is 0 Å². The summed E-state index contributed by atoms with van der Waals surface area (Å²) in [4.78, 5) is 0. The number of aliphatic hydroxyl groups excluding tert-OH is 1. The summed E-state index contributed by atoms with van der Waals surface area (Å²) in [6.07, 6.45) is -0.132. The van der Waals surface area contributed by atoms with Crippen molar-refractivity contribution in [2.24, 2.45) is 5.73 Å². The summed E-state index contributed by atoms with van der Waals surface area (Å²) in [5, 5.41) is 19.7. The smallest absolute Gasteiger partial charge is 0.164 e. The van der Waals surface area contributed by atoms with Gasteiger partial charge in [-0.25, -0.2) is 0 Å². The van der Waals surface area contributed by atoms with Crippen molar-refractivity contribution in [2.45, 2.75) is 25.5 Å². The number of fused-ring (bicyclic) bond motifs is 1. The van der Waals surface area contributed by atoms with Crippen molar-refractivity contribution in [3.63, 3.8) is 0 Å². The number of nitrogens with two attached hydrogens (primary N) is 1. The first-order chi connectivity index (χ1) is 8.09. The van der Waals surface area contributed by atoms with Crippen molar-refractivity contribution in [1.29, 1.82) is 0 Å². The maximum atomic E-state index is 9.87. The average molecular weight is 239 g/mol. The van der Waals surface area contributed by atoms with E-state index in [9.17, 15) is 10.2 Å². The fraction of sp³-hybridized carbons (Fsp3) is 0.500. The first-order valence-corrected chi connectivity index (χ1v) is 5.65. The first-order valence-electron chi connectivity index (χ1n) is 5.65. The minimum Gasteiger partial charge on any atom is -0.507 e. The van der Waals surface area contributed by atoms with Gasteiger partial charge in [-0.05, 0) is 13.0 Å². The van der Waals surface area contributed by atoms with Crippen molar-refractivity contribution in [1.82, 2.24) is 0 Å². The Balaban J connectivity index is 2.38. The summed E-state index contributed by atoms with van der Waals surface area (Å²) in [7, 11) is 0. The van der Waals surface area contributed by atoms with Crippen molar-refractivity contribution >= 4 is 0 Å². The van der Waals surface area contributed by atoms with Gasteiger partial charge in [-0.15, -0.1) is 0 Å². The molecule has 5 heteroatoms. The van der Waals surface area contributed by atoms with E-state index in [1.807, 2.05) is 0 Å². The molecule has 0 amide bonds. The summed E-state index contributed by atoms with van der Waals surface area (Å²) in [5.41, 5.74) is 5.98. The van der Waals surface area contributed by atoms with Crippen LogP contribution in [0.2, 0.25) is 0 Å². The van der Waals surface area contributed by atoms with Crippen molar-refractivity contribution in [2.75, 3.05) is 13.2 Å². The van der Waals surface area contributed by atoms with E-state index in [-0.39, 0.29) is 5.75 Å². The summed E-state index contributed by atoms with van der Waals surface area (Å²) < 4.78 is 10.9. The predicted octanol–water partition coefficient (Wildman–Crippen LogP) is 0.934. The minimum atomic E-state index is -0.924. The first kappa shape index (κ1) is 12.0. The van der Waals surface area contributed by atoms with Gasteiger partial charge >= 0.3 is 0 Å². The fourth-order valence-electron chi connectivity index (χ4n) is 1.73. The third kappa shape index (κ3) is 2.45. The van der Waals surface area contributed by atoms with Gasteiger partial charge in [0.25, 0.3) is 0 Å². The van der Waals surface area contributed by atoms with Gasteiger partial charge in [0.15, 0.2) is 11.5 Å². The van der Waals surface area contributed by atoms with Crippen molar-refractivity contribution in [3.05, 3.63) is 17.7 Å². The topological polar surface area (TPSA) is 84.9 Å². The van der Waals surface area contributed by atoms with Gasteiger partial charge in [0.1, 0.15) is 5.75 Å². The van der Waals surface area contributed by atoms with Crippen LogP contribution in [0.1, 0.15) is 25.0 Å². The monoisotopic (exact) mass is 239 g/mol. The lowest BCUT2D eigenvalue weighted by molar-refractivity contribution is 0.149. The third-order valence-electron chi connectivity index (χ3n) is 2.71. The Hall–Kier alpha value is -1.46. The van der Waals surface area contributed by atoms with Gasteiger partial charge in [0, 0.05) is 24.1 Å². The van der Waals surface area contributed by atoms with Crippen LogP contribution in [0.4, 0.5) is 0 Å². The van der Waals surface area contributed by atoms with E-state index >= 15 is 0 Å². The fourth-order valence-corrected chi connectivity index (χ4v) is 1.73. The van der Waals surface area contributed by atoms with Crippen molar-refractivity contribution < 1.29 is 19.7 Å². The molecule has 5 nitrogen and oxygen atoms in total. The SMILES string of the molecule is CC(N)C(O)c1cc2c(cc1O)OCCCO2. The number of phenols is 1. The van der Waals surface area contributed by atoms with Gasteiger partial charge < -0.3 is 25.4 Å². The molecule has 1 aliphatic heterocycles. The molecule has 0 saturated carbocycles. The normalized spacial score (nSPS) is 18.3. The molecule has 0 spiro atoms. The molecule has 4 N–H and O–H groups in total. The molecule has 2 atom stereocenters. The van der Waals surface area contributed by atoms with Crippen LogP contribution in [0.25, 0.3) is 0 Å². The Morgan fingerprint density at radius 3 is 2.41 bits per heavy atom. The van der Waals surface area contributed by atoms with Crippen LogP contribution in [-0.4, -0.2) is 29.5 Å². The zero-order valence-corrected chi connectivity index (χ0v) is 9.72. The van der Waals surface area contributed by atoms with Gasteiger partial charge in [-0.2, -0.15) is 0 Å². The molecule has 17 heavy (non-hydrogen) atoms. The van der Waals surface area contributed by atoms with E-state index in [0.717, 1.165) is 6.42 Å². The molecule has 0 bridgehead atoms. The Kier molecular flexibility index (Phi) is 3.40. The highest BCUT2D eigenvalue weighted by atomic mass is 16.5. The number of hydrogen-bond donors (Lipinski definition) is 3. The van der Waals surface area contributed by atoms with E-state index in [1.165, 1.54) is 6.07 Å². The Bertz CT molecular complexity index is 406. The highest BCUT2D eigenvalue weighted by molar-refractivity contribution is 5.51. The Morgan fingerprint density at radius 2 is 1.82 bits per heavy atom. The van der Waals surface area contributed by atoms with Crippen LogP contribution < -0.4 is 15.2 Å². The highest BCUT2D eigenvalue weighted by Gasteiger charge is 2.21. The minimum absolute atomic E-state index is 0.0287. The number of aromatic hydroxyl groups is 1. The molecule has 1 aromatic carbocycles. The van der Waals surface area contributed by atoms with E-state index < -0.39 is 12.1 Å². The van der Waals surface area contributed by atoms with E-state index in [2.05, 4.69) is 0 Å². The molecule has 0 aliphatic carbocycles. The molecular formula is C12H17NO4. The molecule has 1 aliphatic rings. The largest absolute Gasteiger partial charge is 0.507 e. The summed E-state index contributed by atoms with van der Waals surface area (Å²) in [6, 6.07) is 2.58. The molecule has 0 saturated heterocycles. The number of benzene rings is 1. The third-order valence-corrected chi connectivity index (χ3v) is 2.71. The molecule has 0 aromatic heterocycles. The maximum Gasteiger partial charge on any atom is 0.164 e. The van der Waals surface area contributed by atoms with Crippen LogP contribution >= 0.6 is 0 Å². The highest BCUT2D eigenvalue weighted by Crippen LogP contribution is 2.38. The Labute approximate surface area is 99.8 Å². The molecule has 2 rings (SSSR count). The van der Waals surface area contributed by atoms with E-state index in [0.29, 0.717) is 30.3 Å². The number of rotatable bonds is 2. The lowest BCUT2D eigenvalue weighted by Gasteiger charge is -2.18. The van der Waals surface area contributed by atoms with Crippen LogP contribution in [0.5, 0.6) is 17.2 Å². The van der Waals surface area contributed by atoms with Gasteiger partial charge in [0.2, 0.25) is 0 Å². The van der Waals surface area contributed by atoms with Crippen LogP contribution in [0.15, 0.2) is 12.1 Å². The van der Waals surface area contributed by atoms with E-state index in [4.69, 9.17) is 15.2 Å². The van der Waals surface area contributed by atoms with Gasteiger partial charge in [-0.1, -0.05) is 0 Å². The number of aliphatic hydroxyl groups is 1. The zero-order valence-electron chi connectivity index (χ0n) is 9.72. The van der Waals surface area contributed by atoms with Crippen LogP contribution in [0.3, 0.4) is 0 Å². The lowest BCUT2D eigenvalue weighted by Crippen LogP contribution is -2.24. The van der Waals surface area contributed by atoms with Crippen molar-refractivity contribution in [3.8, 4) is 17.2 Å². The standard InChI is InChI=1S/C12H17NO4/c1-7(13)12(15)8-5-10-11(6-9(8)14)17-4-2-3-16-10/h5-7,12,14-15H,2-4,13H2,1H3.